The molecule has 0 spiro atoms. The third-order valence-corrected chi connectivity index (χ3v) is 9.60. The highest BCUT2D eigenvalue weighted by atomic mass is 16.1. The quantitative estimate of drug-likeness (QED) is 0.647. The van der Waals surface area contributed by atoms with E-state index in [0.29, 0.717) is 23.4 Å². The number of Topliss-reactive ketones (excluding diaryl/α,β-unsaturated/α-hetero) is 1. The second kappa shape index (κ2) is 8.35. The molecule has 1 aromatic heterocycles. The monoisotopic (exact) mass is 439 g/mol. The minimum Gasteiger partial charge on any atom is -0.382 e. The fourth-order valence-corrected chi connectivity index (χ4v) is 6.94. The summed E-state index contributed by atoms with van der Waals surface area (Å²) < 4.78 is 0. The van der Waals surface area contributed by atoms with Crippen molar-refractivity contribution in [3.63, 3.8) is 0 Å². The van der Waals surface area contributed by atoms with Crippen LogP contribution >= 0.6 is 0 Å². The first kappa shape index (κ1) is 23.1. The van der Waals surface area contributed by atoms with E-state index in [1.54, 1.807) is 0 Å². The molecule has 6 heteroatoms. The van der Waals surface area contributed by atoms with Gasteiger partial charge in [0.25, 0.3) is 0 Å². The predicted molar refractivity (Wildman–Crippen MR) is 132 cm³/mol. The molecule has 2 heterocycles. The Labute approximate surface area is 193 Å². The number of fused-ring (bicyclic) bond motifs is 2. The summed E-state index contributed by atoms with van der Waals surface area (Å²) in [5.41, 5.74) is 8.98. The lowest BCUT2D eigenvalue weighted by Crippen LogP contribution is -2.54. The summed E-state index contributed by atoms with van der Waals surface area (Å²) in [7, 11) is 2.04. The van der Waals surface area contributed by atoms with Crippen LogP contribution in [-0.2, 0) is 4.79 Å². The van der Waals surface area contributed by atoms with Gasteiger partial charge in [0.05, 0.1) is 6.67 Å². The Kier molecular flexibility index (Phi) is 6.01. The lowest BCUT2D eigenvalue weighted by Gasteiger charge is -2.59. The van der Waals surface area contributed by atoms with Gasteiger partial charge in [0.15, 0.2) is 11.6 Å². The van der Waals surface area contributed by atoms with Crippen LogP contribution in [-0.4, -0.2) is 36.0 Å². The Morgan fingerprint density at radius 2 is 2.03 bits per heavy atom. The van der Waals surface area contributed by atoms with E-state index in [1.165, 1.54) is 31.2 Å². The van der Waals surface area contributed by atoms with Crippen molar-refractivity contribution in [3.05, 3.63) is 18.0 Å². The van der Waals surface area contributed by atoms with E-state index in [2.05, 4.69) is 60.5 Å². The summed E-state index contributed by atoms with van der Waals surface area (Å²) in [4.78, 5) is 25.5. The standard InChI is InChI=1S/C26H41N5O/c1-17(11-14-31-16-30(6)24-22(31)23(27)28-15-29-24)9-12-25(4)18(2)10-13-26(5)19(3)20(32)7-8-21(25)26/h11,15,18-19,21H,7-10,12-14,16H2,1-6H3,(H2,27,28,29). The summed E-state index contributed by atoms with van der Waals surface area (Å²) in [6.07, 6.45) is 10.4. The molecule has 1 aliphatic heterocycles. The number of ketones is 1. The van der Waals surface area contributed by atoms with Gasteiger partial charge in [0.1, 0.15) is 17.8 Å². The first-order chi connectivity index (χ1) is 15.1. The zero-order valence-corrected chi connectivity index (χ0v) is 20.8. The highest BCUT2D eigenvalue weighted by molar-refractivity contribution is 5.82. The molecule has 0 amide bonds. The lowest BCUT2D eigenvalue weighted by molar-refractivity contribution is -0.148. The number of carbonyl (C=O) groups is 1. The number of nitrogens with two attached hydrogens (primary N) is 1. The number of nitrogen functional groups attached to an aromatic ring is 1. The van der Waals surface area contributed by atoms with Crippen LogP contribution in [0.3, 0.4) is 0 Å². The maximum atomic E-state index is 12.5. The highest BCUT2D eigenvalue weighted by Gasteiger charge is 2.56. The van der Waals surface area contributed by atoms with Crippen LogP contribution in [0, 0.1) is 28.6 Å². The average molecular weight is 440 g/mol. The smallest absolute Gasteiger partial charge is 0.159 e. The van der Waals surface area contributed by atoms with Crippen molar-refractivity contribution >= 4 is 23.1 Å². The molecular formula is C26H41N5O. The Bertz CT molecular complexity index is 913. The molecule has 0 saturated heterocycles. The second-order valence-electron chi connectivity index (χ2n) is 11.3. The molecular weight excluding hydrogens is 398 g/mol. The number of nitrogens with zero attached hydrogens (tertiary/aromatic N) is 4. The van der Waals surface area contributed by atoms with E-state index in [-0.39, 0.29) is 16.7 Å². The van der Waals surface area contributed by atoms with E-state index >= 15 is 0 Å². The van der Waals surface area contributed by atoms with Crippen LogP contribution < -0.4 is 15.5 Å². The minimum atomic E-state index is 0.162. The van der Waals surface area contributed by atoms with E-state index in [0.717, 1.165) is 44.0 Å². The van der Waals surface area contributed by atoms with Crippen molar-refractivity contribution in [3.8, 4) is 0 Å². The minimum absolute atomic E-state index is 0.162. The summed E-state index contributed by atoms with van der Waals surface area (Å²) in [5, 5.41) is 0. The Hall–Kier alpha value is -2.11. The van der Waals surface area contributed by atoms with Gasteiger partial charge in [0, 0.05) is 25.9 Å². The predicted octanol–water partition coefficient (Wildman–Crippen LogP) is 5.06. The molecule has 3 aliphatic rings. The maximum Gasteiger partial charge on any atom is 0.159 e. The third kappa shape index (κ3) is 3.69. The Balaban J connectivity index is 1.45. The van der Waals surface area contributed by atoms with Gasteiger partial charge < -0.3 is 15.5 Å². The lowest BCUT2D eigenvalue weighted by atomic mass is 9.44. The largest absolute Gasteiger partial charge is 0.382 e. The number of aromatic nitrogens is 2. The Morgan fingerprint density at radius 3 is 2.78 bits per heavy atom. The number of hydrogen-bond acceptors (Lipinski definition) is 6. The highest BCUT2D eigenvalue weighted by Crippen LogP contribution is 2.62. The Morgan fingerprint density at radius 1 is 1.28 bits per heavy atom. The SMILES string of the molecule is CC(=CCN1CN(C)c2ncnc(N)c21)CCC1(C)C(C)CCC2(C)C(C)C(=O)CCC12. The zero-order chi connectivity index (χ0) is 23.3. The first-order valence-electron chi connectivity index (χ1n) is 12.3. The molecule has 1 aromatic rings. The molecule has 32 heavy (non-hydrogen) atoms. The summed E-state index contributed by atoms with van der Waals surface area (Å²) in [6.45, 7) is 13.4. The van der Waals surface area contributed by atoms with Gasteiger partial charge in [0.2, 0.25) is 0 Å². The van der Waals surface area contributed by atoms with Gasteiger partial charge in [-0.25, -0.2) is 9.97 Å². The van der Waals surface area contributed by atoms with Gasteiger partial charge in [-0.2, -0.15) is 0 Å². The number of allylic oxidation sites excluding steroid dienone is 1. The summed E-state index contributed by atoms with van der Waals surface area (Å²) in [5.74, 6) is 3.47. The normalized spacial score (nSPS) is 35.1. The first-order valence-corrected chi connectivity index (χ1v) is 12.3. The van der Waals surface area contributed by atoms with Crippen LogP contribution in [0.15, 0.2) is 18.0 Å². The van der Waals surface area contributed by atoms with Crippen molar-refractivity contribution in [2.24, 2.45) is 28.6 Å². The van der Waals surface area contributed by atoms with Crippen molar-refractivity contribution in [2.75, 3.05) is 35.8 Å². The van der Waals surface area contributed by atoms with Gasteiger partial charge in [-0.05, 0) is 61.7 Å². The molecule has 2 aliphatic carbocycles. The number of anilines is 3. The molecule has 0 aromatic carbocycles. The molecule has 0 bridgehead atoms. The van der Waals surface area contributed by atoms with Crippen LogP contribution in [0.1, 0.15) is 73.1 Å². The molecule has 5 unspecified atom stereocenters. The molecule has 2 N–H and O–H groups in total. The molecule has 0 radical (unpaired) electrons. The van der Waals surface area contributed by atoms with Crippen LogP contribution in [0.4, 0.5) is 17.3 Å². The van der Waals surface area contributed by atoms with Gasteiger partial charge in [-0.15, -0.1) is 0 Å². The van der Waals surface area contributed by atoms with E-state index in [4.69, 9.17) is 5.73 Å². The summed E-state index contributed by atoms with van der Waals surface area (Å²) >= 11 is 0. The van der Waals surface area contributed by atoms with Crippen molar-refractivity contribution < 1.29 is 4.79 Å². The topological polar surface area (TPSA) is 75.3 Å². The second-order valence-corrected chi connectivity index (χ2v) is 11.3. The fourth-order valence-electron chi connectivity index (χ4n) is 6.94. The van der Waals surface area contributed by atoms with Gasteiger partial charge >= 0.3 is 0 Å². The van der Waals surface area contributed by atoms with E-state index < -0.39 is 0 Å². The number of carbonyl (C=O) groups excluding carboxylic acids is 1. The van der Waals surface area contributed by atoms with Crippen molar-refractivity contribution in [1.29, 1.82) is 0 Å². The molecule has 2 saturated carbocycles. The fraction of sp³-hybridized carbons (Fsp3) is 0.731. The van der Waals surface area contributed by atoms with Crippen LogP contribution in [0.25, 0.3) is 0 Å². The van der Waals surface area contributed by atoms with E-state index in [9.17, 15) is 4.79 Å². The number of hydrogen-bond donors (Lipinski definition) is 1. The number of rotatable bonds is 5. The van der Waals surface area contributed by atoms with Crippen LogP contribution in [0.5, 0.6) is 0 Å². The van der Waals surface area contributed by atoms with Crippen molar-refractivity contribution in [2.45, 2.75) is 73.1 Å². The molecule has 6 nitrogen and oxygen atoms in total. The van der Waals surface area contributed by atoms with E-state index in [1.807, 2.05) is 7.05 Å². The molecule has 176 valence electrons. The van der Waals surface area contributed by atoms with Gasteiger partial charge in [-0.3, -0.25) is 4.79 Å². The van der Waals surface area contributed by atoms with Crippen molar-refractivity contribution in [1.82, 2.24) is 9.97 Å². The average Bonchev–Trinajstić information content (AvgIpc) is 3.09. The maximum absolute atomic E-state index is 12.5. The molecule has 4 rings (SSSR count). The third-order valence-electron chi connectivity index (χ3n) is 9.60. The summed E-state index contributed by atoms with van der Waals surface area (Å²) in [6, 6.07) is 0. The van der Waals surface area contributed by atoms with Crippen LogP contribution in [0.2, 0.25) is 0 Å². The molecule has 5 atom stereocenters. The molecule has 2 fully saturated rings. The van der Waals surface area contributed by atoms with Gasteiger partial charge in [-0.1, -0.05) is 39.3 Å². The zero-order valence-electron chi connectivity index (χ0n) is 20.8.